The van der Waals surface area contributed by atoms with Gasteiger partial charge in [-0.25, -0.2) is 0 Å². The molecule has 0 spiro atoms. The van der Waals surface area contributed by atoms with E-state index in [0.29, 0.717) is 22.2 Å². The molecule has 1 unspecified atom stereocenters. The maximum absolute atomic E-state index is 11.8. The number of ketones is 1. The molecular formula is C12H12Cl2O. The van der Waals surface area contributed by atoms with Gasteiger partial charge in [-0.3, -0.25) is 4.79 Å². The van der Waals surface area contributed by atoms with E-state index in [1.807, 2.05) is 12.1 Å². The summed E-state index contributed by atoms with van der Waals surface area (Å²) in [5.74, 6) is 0.260. The van der Waals surface area contributed by atoms with E-state index in [1.165, 1.54) is 0 Å². The van der Waals surface area contributed by atoms with Crippen LogP contribution < -0.4 is 0 Å². The monoisotopic (exact) mass is 242 g/mol. The standard InChI is InChI=1S/C12H12Cl2O/c13-10-6-3-5-9(12(10)14)8-4-1-2-7-11(8)15/h3,5-6,8H,1-2,4,7H2. The first-order chi connectivity index (χ1) is 7.20. The third kappa shape index (κ3) is 2.19. The molecule has 0 N–H and O–H groups in total. The summed E-state index contributed by atoms with van der Waals surface area (Å²) in [7, 11) is 0. The summed E-state index contributed by atoms with van der Waals surface area (Å²) in [4.78, 5) is 11.8. The molecular weight excluding hydrogens is 231 g/mol. The summed E-state index contributed by atoms with van der Waals surface area (Å²) in [6, 6.07) is 5.51. The number of carbonyl (C=O) groups is 1. The number of hydrogen-bond donors (Lipinski definition) is 0. The lowest BCUT2D eigenvalue weighted by molar-refractivity contribution is -0.121. The molecule has 1 nitrogen and oxygen atoms in total. The number of benzene rings is 1. The Morgan fingerprint density at radius 1 is 1.20 bits per heavy atom. The van der Waals surface area contributed by atoms with Crippen molar-refractivity contribution in [1.82, 2.24) is 0 Å². The SMILES string of the molecule is O=C1CCCCC1c1cccc(Cl)c1Cl. The van der Waals surface area contributed by atoms with Crippen LogP contribution in [0.15, 0.2) is 18.2 Å². The van der Waals surface area contributed by atoms with Gasteiger partial charge < -0.3 is 0 Å². The van der Waals surface area contributed by atoms with Gasteiger partial charge in [-0.1, -0.05) is 41.8 Å². The normalized spacial score (nSPS) is 21.7. The van der Waals surface area contributed by atoms with Crippen molar-refractivity contribution in [2.24, 2.45) is 0 Å². The van der Waals surface area contributed by atoms with Gasteiger partial charge in [0.15, 0.2) is 0 Å². The molecule has 1 aromatic carbocycles. The quantitative estimate of drug-likeness (QED) is 0.721. The van der Waals surface area contributed by atoms with Crippen molar-refractivity contribution in [3.05, 3.63) is 33.8 Å². The molecule has 15 heavy (non-hydrogen) atoms. The summed E-state index contributed by atoms with van der Waals surface area (Å²) in [6.45, 7) is 0. The first kappa shape index (κ1) is 11.0. The molecule has 1 atom stereocenters. The summed E-state index contributed by atoms with van der Waals surface area (Å²) in [6.07, 6.45) is 3.68. The fourth-order valence-corrected chi connectivity index (χ4v) is 2.54. The van der Waals surface area contributed by atoms with Crippen LogP contribution in [0.5, 0.6) is 0 Å². The largest absolute Gasteiger partial charge is 0.299 e. The van der Waals surface area contributed by atoms with E-state index in [2.05, 4.69) is 0 Å². The Morgan fingerprint density at radius 3 is 2.73 bits per heavy atom. The third-order valence-electron chi connectivity index (χ3n) is 2.91. The van der Waals surface area contributed by atoms with Crippen molar-refractivity contribution in [2.75, 3.05) is 0 Å². The van der Waals surface area contributed by atoms with Crippen molar-refractivity contribution < 1.29 is 4.79 Å². The van der Waals surface area contributed by atoms with Gasteiger partial charge in [0.05, 0.1) is 10.0 Å². The molecule has 0 saturated heterocycles. The van der Waals surface area contributed by atoms with Crippen molar-refractivity contribution in [3.8, 4) is 0 Å². The van der Waals surface area contributed by atoms with Gasteiger partial charge in [-0.15, -0.1) is 0 Å². The number of halogens is 2. The van der Waals surface area contributed by atoms with Gasteiger partial charge in [-0.05, 0) is 24.5 Å². The highest BCUT2D eigenvalue weighted by molar-refractivity contribution is 6.42. The van der Waals surface area contributed by atoms with Crippen LogP contribution in [0.3, 0.4) is 0 Å². The van der Waals surface area contributed by atoms with E-state index >= 15 is 0 Å². The van der Waals surface area contributed by atoms with Crippen LogP contribution in [0.1, 0.15) is 37.2 Å². The predicted molar refractivity (Wildman–Crippen MR) is 62.7 cm³/mol. The van der Waals surface area contributed by atoms with Gasteiger partial charge in [0.1, 0.15) is 5.78 Å². The van der Waals surface area contributed by atoms with Gasteiger partial charge in [0.25, 0.3) is 0 Å². The summed E-state index contributed by atoms with van der Waals surface area (Å²) in [5.41, 5.74) is 0.897. The van der Waals surface area contributed by atoms with Crippen LogP contribution in [0.2, 0.25) is 10.0 Å². The molecule has 0 aromatic heterocycles. The molecule has 0 radical (unpaired) electrons. The highest BCUT2D eigenvalue weighted by Crippen LogP contribution is 2.36. The summed E-state index contributed by atoms with van der Waals surface area (Å²) in [5, 5.41) is 1.08. The van der Waals surface area contributed by atoms with E-state index in [0.717, 1.165) is 24.8 Å². The Bertz CT molecular complexity index is 387. The third-order valence-corrected chi connectivity index (χ3v) is 3.75. The van der Waals surface area contributed by atoms with Crippen LogP contribution in [0.4, 0.5) is 0 Å². The maximum atomic E-state index is 11.8. The number of hydrogen-bond acceptors (Lipinski definition) is 1. The molecule has 0 bridgehead atoms. The van der Waals surface area contributed by atoms with E-state index in [4.69, 9.17) is 23.2 Å². The Morgan fingerprint density at radius 2 is 2.00 bits per heavy atom. The second-order valence-electron chi connectivity index (χ2n) is 3.91. The molecule has 0 heterocycles. The summed E-state index contributed by atoms with van der Waals surface area (Å²) < 4.78 is 0. The Kier molecular flexibility index (Phi) is 3.32. The minimum absolute atomic E-state index is 0.0371. The second kappa shape index (κ2) is 4.54. The molecule has 0 aliphatic heterocycles. The Hall–Kier alpha value is -0.530. The molecule has 2 rings (SSSR count). The zero-order valence-electron chi connectivity index (χ0n) is 8.30. The average molecular weight is 243 g/mol. The lowest BCUT2D eigenvalue weighted by Crippen LogP contribution is -2.17. The molecule has 1 fully saturated rings. The smallest absolute Gasteiger partial charge is 0.140 e. The first-order valence-corrected chi connectivity index (χ1v) is 5.92. The fourth-order valence-electron chi connectivity index (χ4n) is 2.10. The molecule has 1 aliphatic rings. The van der Waals surface area contributed by atoms with Crippen molar-refractivity contribution in [3.63, 3.8) is 0 Å². The van der Waals surface area contributed by atoms with Crippen LogP contribution in [-0.2, 0) is 4.79 Å². The van der Waals surface area contributed by atoms with Crippen molar-refractivity contribution in [2.45, 2.75) is 31.6 Å². The van der Waals surface area contributed by atoms with Crippen LogP contribution >= 0.6 is 23.2 Å². The fraction of sp³-hybridized carbons (Fsp3) is 0.417. The Balaban J connectivity index is 2.35. The van der Waals surface area contributed by atoms with Crippen LogP contribution in [-0.4, -0.2) is 5.78 Å². The second-order valence-corrected chi connectivity index (χ2v) is 4.69. The average Bonchev–Trinajstić information content (AvgIpc) is 2.23. The number of Topliss-reactive ketones (excluding diaryl/α,β-unsaturated/α-hetero) is 1. The van der Waals surface area contributed by atoms with Gasteiger partial charge in [-0.2, -0.15) is 0 Å². The zero-order chi connectivity index (χ0) is 10.8. The maximum Gasteiger partial charge on any atom is 0.140 e. The minimum atomic E-state index is -0.0371. The highest BCUT2D eigenvalue weighted by atomic mass is 35.5. The van der Waals surface area contributed by atoms with Crippen molar-refractivity contribution in [1.29, 1.82) is 0 Å². The predicted octanol–water partition coefficient (Wildman–Crippen LogP) is 4.22. The van der Waals surface area contributed by atoms with Crippen molar-refractivity contribution >= 4 is 29.0 Å². The first-order valence-electron chi connectivity index (χ1n) is 5.17. The summed E-state index contributed by atoms with van der Waals surface area (Å²) >= 11 is 12.0. The minimum Gasteiger partial charge on any atom is -0.299 e. The van der Waals surface area contributed by atoms with E-state index in [9.17, 15) is 4.79 Å². The lowest BCUT2D eigenvalue weighted by atomic mass is 9.83. The van der Waals surface area contributed by atoms with E-state index < -0.39 is 0 Å². The Labute approximate surface area is 99.4 Å². The molecule has 1 saturated carbocycles. The topological polar surface area (TPSA) is 17.1 Å². The molecule has 0 amide bonds. The number of rotatable bonds is 1. The molecule has 1 aromatic rings. The highest BCUT2D eigenvalue weighted by Gasteiger charge is 2.25. The van der Waals surface area contributed by atoms with E-state index in [-0.39, 0.29) is 5.92 Å². The van der Waals surface area contributed by atoms with Crippen LogP contribution in [0, 0.1) is 0 Å². The van der Waals surface area contributed by atoms with Crippen LogP contribution in [0.25, 0.3) is 0 Å². The molecule has 80 valence electrons. The number of carbonyl (C=O) groups excluding carboxylic acids is 1. The van der Waals surface area contributed by atoms with Gasteiger partial charge in [0.2, 0.25) is 0 Å². The molecule has 1 aliphatic carbocycles. The van der Waals surface area contributed by atoms with Gasteiger partial charge >= 0.3 is 0 Å². The molecule has 3 heteroatoms. The zero-order valence-corrected chi connectivity index (χ0v) is 9.81. The lowest BCUT2D eigenvalue weighted by Gasteiger charge is -2.21. The van der Waals surface area contributed by atoms with Gasteiger partial charge in [0, 0.05) is 12.3 Å². The van der Waals surface area contributed by atoms with E-state index in [1.54, 1.807) is 6.07 Å².